The van der Waals surface area contributed by atoms with Gasteiger partial charge in [0.1, 0.15) is 0 Å². The molecule has 2 saturated heterocycles. The molecule has 0 radical (unpaired) electrons. The van der Waals surface area contributed by atoms with E-state index in [1.165, 1.54) is 23.3 Å². The molecule has 2 fully saturated rings. The third kappa shape index (κ3) is 6.55. The van der Waals surface area contributed by atoms with Crippen LogP contribution < -0.4 is 5.32 Å². The zero-order valence-corrected chi connectivity index (χ0v) is 19.1. The largest absolute Gasteiger partial charge is 0.352 e. The number of likely N-dealkylation sites (tertiary alicyclic amines) is 2. The number of thiophene rings is 1. The maximum Gasteiger partial charge on any atom is 0.220 e. The van der Waals surface area contributed by atoms with Gasteiger partial charge in [-0.25, -0.2) is 0 Å². The summed E-state index contributed by atoms with van der Waals surface area (Å²) >= 11 is 7.72. The number of nitrogens with zero attached hydrogens (tertiary/aromatic N) is 2. The van der Waals surface area contributed by atoms with Gasteiger partial charge < -0.3 is 5.32 Å². The van der Waals surface area contributed by atoms with Gasteiger partial charge in [-0.3, -0.25) is 14.6 Å². The number of carbonyl (C=O) groups is 1. The maximum absolute atomic E-state index is 12.5. The Morgan fingerprint density at radius 2 is 1.77 bits per heavy atom. The van der Waals surface area contributed by atoms with Crippen LogP contribution in [0.15, 0.2) is 42.5 Å². The fraction of sp³-hybridized carbons (Fsp3) is 0.542. The Kier molecular flexibility index (Phi) is 7.83. The van der Waals surface area contributed by atoms with Crippen molar-refractivity contribution in [3.8, 4) is 0 Å². The zero-order valence-electron chi connectivity index (χ0n) is 17.6. The molecular formula is C24H32ClN3OS. The topological polar surface area (TPSA) is 35.6 Å². The van der Waals surface area contributed by atoms with Crippen molar-refractivity contribution < 1.29 is 4.79 Å². The highest BCUT2D eigenvalue weighted by atomic mass is 35.5. The third-order valence-electron chi connectivity index (χ3n) is 6.38. The van der Waals surface area contributed by atoms with E-state index in [0.717, 1.165) is 56.4 Å². The first-order valence-electron chi connectivity index (χ1n) is 11.2. The summed E-state index contributed by atoms with van der Waals surface area (Å²) in [5.41, 5.74) is 1.35. The number of amides is 1. The number of carbonyl (C=O) groups excluding carboxylic acids is 1. The van der Waals surface area contributed by atoms with Gasteiger partial charge >= 0.3 is 0 Å². The van der Waals surface area contributed by atoms with Crippen LogP contribution in [0.5, 0.6) is 0 Å². The molecule has 4 rings (SSSR count). The van der Waals surface area contributed by atoms with Crippen molar-refractivity contribution in [2.75, 3.05) is 26.2 Å². The van der Waals surface area contributed by atoms with Crippen LogP contribution in [0.3, 0.4) is 0 Å². The van der Waals surface area contributed by atoms with Gasteiger partial charge in [-0.15, -0.1) is 11.3 Å². The van der Waals surface area contributed by atoms with Crippen LogP contribution in [0, 0.1) is 5.92 Å². The van der Waals surface area contributed by atoms with Gasteiger partial charge in [0.15, 0.2) is 0 Å². The molecule has 30 heavy (non-hydrogen) atoms. The van der Waals surface area contributed by atoms with Gasteiger partial charge in [0.05, 0.1) is 4.34 Å². The van der Waals surface area contributed by atoms with Crippen molar-refractivity contribution in [3.63, 3.8) is 0 Å². The molecule has 2 aliphatic rings. The molecule has 1 atom stereocenters. The van der Waals surface area contributed by atoms with Crippen molar-refractivity contribution in [3.05, 3.63) is 57.2 Å². The van der Waals surface area contributed by atoms with Gasteiger partial charge in [0.25, 0.3) is 0 Å². The molecule has 0 bridgehead atoms. The number of benzene rings is 1. The van der Waals surface area contributed by atoms with Crippen molar-refractivity contribution >= 4 is 28.8 Å². The number of halogens is 1. The third-order valence-corrected chi connectivity index (χ3v) is 7.60. The minimum atomic E-state index is 0.234. The number of hydrogen-bond acceptors (Lipinski definition) is 4. The zero-order chi connectivity index (χ0) is 20.8. The lowest BCUT2D eigenvalue weighted by Crippen LogP contribution is -2.37. The van der Waals surface area contributed by atoms with Crippen LogP contribution in [0.25, 0.3) is 0 Å². The van der Waals surface area contributed by atoms with Crippen LogP contribution in [0.4, 0.5) is 0 Å². The number of nitrogens with one attached hydrogen (secondary N) is 1. The first kappa shape index (κ1) is 21.8. The molecule has 0 aliphatic carbocycles. The van der Waals surface area contributed by atoms with Gasteiger partial charge in [0, 0.05) is 43.5 Å². The Balaban J connectivity index is 1.10. The second-order valence-electron chi connectivity index (χ2n) is 8.74. The molecule has 162 valence electrons. The number of hydrogen-bond donors (Lipinski definition) is 1. The van der Waals surface area contributed by atoms with Crippen molar-refractivity contribution in [2.45, 2.75) is 51.2 Å². The SMILES string of the molecule is O=C(CCC1CCN(Cc2ccc(Cl)s2)CC1)N[C@@H]1CCN(Cc2ccccc2)C1. The lowest BCUT2D eigenvalue weighted by Gasteiger charge is -2.31. The van der Waals surface area contributed by atoms with E-state index in [2.05, 4.69) is 51.5 Å². The molecule has 1 aromatic heterocycles. The Morgan fingerprint density at radius 1 is 1.00 bits per heavy atom. The highest BCUT2D eigenvalue weighted by Gasteiger charge is 2.25. The lowest BCUT2D eigenvalue weighted by molar-refractivity contribution is -0.122. The van der Waals surface area contributed by atoms with E-state index in [4.69, 9.17) is 11.6 Å². The molecule has 2 aromatic rings. The van der Waals surface area contributed by atoms with Gasteiger partial charge in [0.2, 0.25) is 5.91 Å². The molecule has 6 heteroatoms. The van der Waals surface area contributed by atoms with Gasteiger partial charge in [-0.05, 0) is 62.4 Å². The second-order valence-corrected chi connectivity index (χ2v) is 10.5. The molecular weight excluding hydrogens is 414 g/mol. The maximum atomic E-state index is 12.5. The van der Waals surface area contributed by atoms with Crippen LogP contribution >= 0.6 is 22.9 Å². The Bertz CT molecular complexity index is 804. The minimum absolute atomic E-state index is 0.234. The van der Waals surface area contributed by atoms with E-state index in [1.54, 1.807) is 11.3 Å². The molecule has 0 unspecified atom stereocenters. The number of piperidine rings is 1. The quantitative estimate of drug-likeness (QED) is 0.634. The summed E-state index contributed by atoms with van der Waals surface area (Å²) in [6, 6.07) is 15.0. The summed E-state index contributed by atoms with van der Waals surface area (Å²) in [5.74, 6) is 0.911. The summed E-state index contributed by atoms with van der Waals surface area (Å²) in [4.78, 5) is 18.8. The monoisotopic (exact) mass is 445 g/mol. The van der Waals surface area contributed by atoms with Crippen LogP contribution in [0.2, 0.25) is 4.34 Å². The van der Waals surface area contributed by atoms with Gasteiger partial charge in [-0.1, -0.05) is 41.9 Å². The van der Waals surface area contributed by atoms with Crippen LogP contribution in [0.1, 0.15) is 42.5 Å². The smallest absolute Gasteiger partial charge is 0.220 e. The Morgan fingerprint density at radius 3 is 2.50 bits per heavy atom. The molecule has 1 amide bonds. The van der Waals surface area contributed by atoms with E-state index in [0.29, 0.717) is 18.4 Å². The first-order valence-corrected chi connectivity index (χ1v) is 12.4. The summed E-state index contributed by atoms with van der Waals surface area (Å²) < 4.78 is 0.872. The summed E-state index contributed by atoms with van der Waals surface area (Å²) in [6.07, 6.45) is 5.14. The molecule has 2 aliphatic heterocycles. The van der Waals surface area contributed by atoms with Crippen LogP contribution in [-0.4, -0.2) is 47.9 Å². The predicted octanol–water partition coefficient (Wildman–Crippen LogP) is 4.78. The molecule has 0 saturated carbocycles. The Labute approximate surface area is 189 Å². The van der Waals surface area contributed by atoms with Gasteiger partial charge in [-0.2, -0.15) is 0 Å². The molecule has 1 aromatic carbocycles. The molecule has 0 spiro atoms. The van der Waals surface area contributed by atoms with E-state index in [1.807, 2.05) is 6.07 Å². The second kappa shape index (κ2) is 10.8. The lowest BCUT2D eigenvalue weighted by atomic mass is 9.92. The van der Waals surface area contributed by atoms with Crippen molar-refractivity contribution in [1.82, 2.24) is 15.1 Å². The molecule has 1 N–H and O–H groups in total. The van der Waals surface area contributed by atoms with E-state index in [9.17, 15) is 4.79 Å². The highest BCUT2D eigenvalue weighted by molar-refractivity contribution is 7.16. The fourth-order valence-electron chi connectivity index (χ4n) is 4.66. The fourth-order valence-corrected chi connectivity index (χ4v) is 5.79. The standard InChI is InChI=1S/C24H32ClN3OS/c25-23-8-7-22(30-23)18-27-13-10-19(11-14-27)6-9-24(29)26-21-12-15-28(17-21)16-20-4-2-1-3-5-20/h1-5,7-8,19,21H,6,9-18H2,(H,26,29)/t21-/m1/s1. The Hall–Kier alpha value is -1.40. The summed E-state index contributed by atoms with van der Waals surface area (Å²) in [6.45, 7) is 6.26. The normalized spacial score (nSPS) is 21.2. The number of rotatable bonds is 8. The average molecular weight is 446 g/mol. The van der Waals surface area contributed by atoms with E-state index in [-0.39, 0.29) is 5.91 Å². The van der Waals surface area contributed by atoms with E-state index >= 15 is 0 Å². The van der Waals surface area contributed by atoms with Crippen LogP contribution in [-0.2, 0) is 17.9 Å². The first-order chi connectivity index (χ1) is 14.6. The molecule has 4 nitrogen and oxygen atoms in total. The average Bonchev–Trinajstić information content (AvgIpc) is 3.36. The molecule has 3 heterocycles. The van der Waals surface area contributed by atoms with E-state index < -0.39 is 0 Å². The summed E-state index contributed by atoms with van der Waals surface area (Å²) in [5, 5.41) is 3.28. The minimum Gasteiger partial charge on any atom is -0.352 e. The summed E-state index contributed by atoms with van der Waals surface area (Å²) in [7, 11) is 0. The van der Waals surface area contributed by atoms with Crippen molar-refractivity contribution in [2.24, 2.45) is 5.92 Å². The predicted molar refractivity (Wildman–Crippen MR) is 125 cm³/mol. The highest BCUT2D eigenvalue weighted by Crippen LogP contribution is 2.26. The van der Waals surface area contributed by atoms with Crippen molar-refractivity contribution in [1.29, 1.82) is 0 Å².